The first-order valence-electron chi connectivity index (χ1n) is 12.0. The molecule has 0 aliphatic rings. The highest BCUT2D eigenvalue weighted by molar-refractivity contribution is 7.17. The average Bonchev–Trinajstić information content (AvgIpc) is 3.42. The monoisotopic (exact) mass is 610 g/mol. The molecule has 0 aliphatic carbocycles. The van der Waals surface area contributed by atoms with E-state index in [4.69, 9.17) is 14.2 Å². The summed E-state index contributed by atoms with van der Waals surface area (Å²) in [5, 5.41) is 6.72. The normalized spacial score (nSPS) is 11.0. The van der Waals surface area contributed by atoms with Gasteiger partial charge in [-0.1, -0.05) is 0 Å². The van der Waals surface area contributed by atoms with Crippen molar-refractivity contribution in [1.29, 1.82) is 0 Å². The van der Waals surface area contributed by atoms with Crippen LogP contribution in [0.15, 0.2) is 24.7 Å². The molecular weight excluding hydrogens is 585 g/mol. The van der Waals surface area contributed by atoms with Gasteiger partial charge in [-0.25, -0.2) is 24.4 Å². The standard InChI is InChI=1S/C25H25F3N6O7S/c1-5-30-24(38)34-19-16(23(37)41-4)15(14(11-32-19)12-8-13(10-29-9-12)22(36)40-3)21-33-18(25(26,27)28)17(42-21)20(35)31-6-7-39-2/h8-11H,5-7H2,1-4H3,(H,31,35)(H2,30,32,34,38). The fraction of sp³-hybridized carbons (Fsp3) is 0.320. The number of ether oxygens (including phenoxy) is 3. The van der Waals surface area contributed by atoms with Crippen molar-refractivity contribution in [3.05, 3.63) is 46.4 Å². The molecule has 224 valence electrons. The lowest BCUT2D eigenvalue weighted by molar-refractivity contribution is -0.141. The van der Waals surface area contributed by atoms with Crippen LogP contribution in [0.4, 0.5) is 23.8 Å². The van der Waals surface area contributed by atoms with Gasteiger partial charge in [0.1, 0.15) is 21.3 Å². The second-order valence-electron chi connectivity index (χ2n) is 8.14. The van der Waals surface area contributed by atoms with Gasteiger partial charge in [-0.05, 0) is 13.0 Å². The fourth-order valence-electron chi connectivity index (χ4n) is 3.60. The van der Waals surface area contributed by atoms with Crippen LogP contribution in [-0.4, -0.2) is 79.9 Å². The van der Waals surface area contributed by atoms with E-state index >= 15 is 0 Å². The van der Waals surface area contributed by atoms with Gasteiger partial charge >= 0.3 is 24.1 Å². The number of urea groups is 1. The number of hydrogen-bond acceptors (Lipinski definition) is 11. The summed E-state index contributed by atoms with van der Waals surface area (Å²) in [6.45, 7) is 1.80. The molecular formula is C25H25F3N6O7S. The Hall–Kier alpha value is -4.64. The average molecular weight is 611 g/mol. The zero-order valence-corrected chi connectivity index (χ0v) is 23.5. The van der Waals surface area contributed by atoms with E-state index in [1.165, 1.54) is 25.6 Å². The minimum absolute atomic E-state index is 0.0103. The third-order valence-electron chi connectivity index (χ3n) is 5.42. The van der Waals surface area contributed by atoms with E-state index in [2.05, 4.69) is 30.9 Å². The summed E-state index contributed by atoms with van der Waals surface area (Å²) in [7, 11) is 3.52. The molecule has 0 saturated heterocycles. The minimum atomic E-state index is -5.06. The Balaban J connectivity index is 2.39. The van der Waals surface area contributed by atoms with Gasteiger partial charge in [0, 0.05) is 55.5 Å². The fourth-order valence-corrected chi connectivity index (χ4v) is 4.66. The molecule has 3 heterocycles. The van der Waals surface area contributed by atoms with E-state index in [-0.39, 0.29) is 47.8 Å². The van der Waals surface area contributed by atoms with E-state index < -0.39 is 51.2 Å². The maximum absolute atomic E-state index is 14.1. The number of hydrogen-bond donors (Lipinski definition) is 3. The lowest BCUT2D eigenvalue weighted by Gasteiger charge is -2.16. The first-order valence-corrected chi connectivity index (χ1v) is 12.8. The van der Waals surface area contributed by atoms with Crippen LogP contribution in [0, 0.1) is 0 Å². The van der Waals surface area contributed by atoms with Crippen molar-refractivity contribution in [3.8, 4) is 21.7 Å². The van der Waals surface area contributed by atoms with E-state index in [0.717, 1.165) is 20.4 Å². The van der Waals surface area contributed by atoms with Gasteiger partial charge in [-0.15, -0.1) is 11.3 Å². The minimum Gasteiger partial charge on any atom is -0.465 e. The number of aromatic nitrogens is 3. The summed E-state index contributed by atoms with van der Waals surface area (Å²) in [4.78, 5) is 61.4. The van der Waals surface area contributed by atoms with Crippen LogP contribution in [0.1, 0.15) is 43.0 Å². The van der Waals surface area contributed by atoms with Crippen molar-refractivity contribution in [3.63, 3.8) is 0 Å². The summed E-state index contributed by atoms with van der Waals surface area (Å²) < 4.78 is 56.7. The quantitative estimate of drug-likeness (QED) is 0.228. The molecule has 3 rings (SSSR count). The number of rotatable bonds is 10. The number of esters is 2. The third kappa shape index (κ3) is 7.16. The van der Waals surface area contributed by atoms with Crippen molar-refractivity contribution in [2.45, 2.75) is 13.1 Å². The molecule has 0 aliphatic heterocycles. The van der Waals surface area contributed by atoms with Crippen molar-refractivity contribution >= 4 is 41.0 Å². The summed E-state index contributed by atoms with van der Waals surface area (Å²) >= 11 is 0.349. The van der Waals surface area contributed by atoms with Gasteiger partial charge in [-0.2, -0.15) is 13.2 Å². The second-order valence-corrected chi connectivity index (χ2v) is 9.14. The lowest BCUT2D eigenvalue weighted by atomic mass is 9.97. The number of anilines is 1. The van der Waals surface area contributed by atoms with Crippen LogP contribution in [0.2, 0.25) is 0 Å². The van der Waals surface area contributed by atoms with E-state index in [1.807, 2.05) is 0 Å². The number of amides is 3. The second kappa shape index (κ2) is 13.8. The highest BCUT2D eigenvalue weighted by atomic mass is 32.1. The van der Waals surface area contributed by atoms with Crippen LogP contribution >= 0.6 is 11.3 Å². The Morgan fingerprint density at radius 2 is 1.71 bits per heavy atom. The van der Waals surface area contributed by atoms with E-state index in [1.54, 1.807) is 6.92 Å². The summed E-state index contributed by atoms with van der Waals surface area (Å²) in [6, 6.07) is 0.546. The number of pyridine rings is 2. The molecule has 0 aromatic carbocycles. The number of halogens is 3. The van der Waals surface area contributed by atoms with Gasteiger partial charge < -0.3 is 24.8 Å². The van der Waals surface area contributed by atoms with Gasteiger partial charge in [-0.3, -0.25) is 15.1 Å². The number of carbonyl (C=O) groups excluding carboxylic acids is 4. The predicted octanol–water partition coefficient (Wildman–Crippen LogP) is 3.38. The molecule has 0 atom stereocenters. The SMILES string of the molecule is CCNC(=O)Nc1ncc(-c2cncc(C(=O)OC)c2)c(-c2nc(C(F)(F)F)c(C(=O)NCCOC)s2)c1C(=O)OC. The molecule has 0 unspecified atom stereocenters. The molecule has 17 heteroatoms. The molecule has 0 fully saturated rings. The molecule has 13 nitrogen and oxygen atoms in total. The van der Waals surface area contributed by atoms with Crippen LogP contribution in [0.25, 0.3) is 21.7 Å². The predicted molar refractivity (Wildman–Crippen MR) is 143 cm³/mol. The van der Waals surface area contributed by atoms with Crippen molar-refractivity contribution in [1.82, 2.24) is 25.6 Å². The number of alkyl halides is 3. The Kier molecular flexibility index (Phi) is 10.5. The van der Waals surface area contributed by atoms with E-state index in [0.29, 0.717) is 11.3 Å². The summed E-state index contributed by atoms with van der Waals surface area (Å²) in [5.74, 6) is -3.28. The van der Waals surface area contributed by atoms with Crippen molar-refractivity contribution in [2.75, 3.05) is 46.3 Å². The highest BCUT2D eigenvalue weighted by Crippen LogP contribution is 2.43. The zero-order valence-electron chi connectivity index (χ0n) is 22.7. The molecule has 0 bridgehead atoms. The van der Waals surface area contributed by atoms with Gasteiger partial charge in [0.2, 0.25) is 0 Å². The van der Waals surface area contributed by atoms with Crippen LogP contribution in [0.5, 0.6) is 0 Å². The number of nitrogens with zero attached hydrogens (tertiary/aromatic N) is 3. The highest BCUT2D eigenvalue weighted by Gasteiger charge is 2.41. The maximum Gasteiger partial charge on any atom is 0.435 e. The Bertz CT molecular complexity index is 1500. The van der Waals surface area contributed by atoms with Gasteiger partial charge in [0.25, 0.3) is 5.91 Å². The van der Waals surface area contributed by atoms with Crippen LogP contribution < -0.4 is 16.0 Å². The Morgan fingerprint density at radius 1 is 1.00 bits per heavy atom. The number of nitrogens with one attached hydrogen (secondary N) is 3. The first kappa shape index (κ1) is 31.9. The third-order valence-corrected chi connectivity index (χ3v) is 6.49. The summed E-state index contributed by atoms with van der Waals surface area (Å²) in [6.07, 6.45) is -1.45. The molecule has 3 aromatic rings. The maximum atomic E-state index is 14.1. The topological polar surface area (TPSA) is 171 Å². The number of methoxy groups -OCH3 is 3. The molecule has 0 radical (unpaired) electrons. The largest absolute Gasteiger partial charge is 0.465 e. The molecule has 0 saturated carbocycles. The van der Waals surface area contributed by atoms with Gasteiger partial charge in [0.05, 0.1) is 26.4 Å². The molecule has 3 amide bonds. The smallest absolute Gasteiger partial charge is 0.435 e. The molecule has 0 spiro atoms. The van der Waals surface area contributed by atoms with Crippen molar-refractivity contribution < 1.29 is 46.6 Å². The molecule has 42 heavy (non-hydrogen) atoms. The Morgan fingerprint density at radius 3 is 2.33 bits per heavy atom. The number of thiazole rings is 1. The Labute approximate surface area is 240 Å². The molecule has 3 aromatic heterocycles. The molecule has 3 N–H and O–H groups in total. The van der Waals surface area contributed by atoms with Crippen molar-refractivity contribution in [2.24, 2.45) is 0 Å². The van der Waals surface area contributed by atoms with Gasteiger partial charge in [0.15, 0.2) is 5.69 Å². The zero-order chi connectivity index (χ0) is 31.0. The van der Waals surface area contributed by atoms with Crippen LogP contribution in [0.3, 0.4) is 0 Å². The summed E-state index contributed by atoms with van der Waals surface area (Å²) in [5.41, 5.74) is -2.12. The van der Waals surface area contributed by atoms with E-state index in [9.17, 15) is 32.3 Å². The lowest BCUT2D eigenvalue weighted by Crippen LogP contribution is -2.29. The first-order chi connectivity index (χ1) is 20.0. The van der Waals surface area contributed by atoms with Crippen LogP contribution in [-0.2, 0) is 20.4 Å². The number of carbonyl (C=O) groups is 4.